The molecule has 0 atom stereocenters. The van der Waals surface area contributed by atoms with Gasteiger partial charge in [0, 0.05) is 6.04 Å². The molecule has 2 amide bonds. The number of sulfonamides is 1. The molecule has 6 nitrogen and oxygen atoms in total. The van der Waals surface area contributed by atoms with Gasteiger partial charge in [-0.3, -0.25) is 0 Å². The Hall–Kier alpha value is -1.47. The summed E-state index contributed by atoms with van der Waals surface area (Å²) in [7, 11) is -3.97. The van der Waals surface area contributed by atoms with E-state index in [0.717, 1.165) is 0 Å². The van der Waals surface area contributed by atoms with Crippen LogP contribution in [0, 0.1) is 6.92 Å². The van der Waals surface area contributed by atoms with E-state index in [4.69, 9.17) is 17.3 Å². The highest BCUT2D eigenvalue weighted by Gasteiger charge is 2.19. The zero-order valence-corrected chi connectivity index (χ0v) is 12.4. The number of hydrogen-bond donors (Lipinski definition) is 3. The third-order valence-corrected chi connectivity index (χ3v) is 4.04. The summed E-state index contributed by atoms with van der Waals surface area (Å²) >= 11 is 5.85. The number of hydrogen-bond acceptors (Lipinski definition) is 4. The number of nitrogen functional groups attached to an aromatic ring is 1. The zero-order valence-electron chi connectivity index (χ0n) is 10.8. The Morgan fingerprint density at radius 2 is 1.95 bits per heavy atom. The van der Waals surface area contributed by atoms with Crippen LogP contribution in [0.3, 0.4) is 0 Å². The molecule has 0 aromatic heterocycles. The van der Waals surface area contributed by atoms with Crippen molar-refractivity contribution < 1.29 is 13.2 Å². The van der Waals surface area contributed by atoms with Gasteiger partial charge in [-0.15, -0.1) is 0 Å². The second-order valence-corrected chi connectivity index (χ2v) is 6.44. The number of nitrogens with one attached hydrogen (secondary N) is 2. The first kappa shape index (κ1) is 15.6. The molecular weight excluding hydrogens is 290 g/mol. The van der Waals surface area contributed by atoms with Crippen LogP contribution in [0.5, 0.6) is 0 Å². The molecule has 0 saturated heterocycles. The lowest BCUT2D eigenvalue weighted by molar-refractivity contribution is 0.243. The van der Waals surface area contributed by atoms with Crippen molar-refractivity contribution in [2.75, 3.05) is 5.73 Å². The summed E-state index contributed by atoms with van der Waals surface area (Å²) in [5, 5.41) is 2.72. The monoisotopic (exact) mass is 305 g/mol. The Morgan fingerprint density at radius 1 is 1.37 bits per heavy atom. The predicted octanol–water partition coefficient (Wildman–Crippen LogP) is 1.63. The Kier molecular flexibility index (Phi) is 4.65. The van der Waals surface area contributed by atoms with Crippen molar-refractivity contribution in [1.29, 1.82) is 0 Å². The van der Waals surface area contributed by atoms with Crippen molar-refractivity contribution in [1.82, 2.24) is 10.0 Å². The number of rotatable bonds is 3. The fourth-order valence-electron chi connectivity index (χ4n) is 1.39. The lowest BCUT2D eigenvalue weighted by Gasteiger charge is -2.12. The smallest absolute Gasteiger partial charge is 0.328 e. The van der Waals surface area contributed by atoms with E-state index in [1.54, 1.807) is 20.8 Å². The molecule has 0 aliphatic carbocycles. The SMILES string of the molecule is Cc1cc(S(=O)(=O)NC(=O)NC(C)C)cc(N)c1Cl. The molecule has 19 heavy (non-hydrogen) atoms. The number of amides is 2. The maximum Gasteiger partial charge on any atom is 0.328 e. The lowest BCUT2D eigenvalue weighted by Crippen LogP contribution is -2.42. The maximum absolute atomic E-state index is 12.0. The summed E-state index contributed by atoms with van der Waals surface area (Å²) in [5.74, 6) is 0. The van der Waals surface area contributed by atoms with Crippen molar-refractivity contribution in [3.63, 3.8) is 0 Å². The second kappa shape index (κ2) is 5.66. The average Bonchev–Trinajstić information content (AvgIpc) is 2.22. The molecule has 0 aliphatic rings. The van der Waals surface area contributed by atoms with Crippen LogP contribution in [0.1, 0.15) is 19.4 Å². The van der Waals surface area contributed by atoms with E-state index in [0.29, 0.717) is 10.6 Å². The molecule has 0 heterocycles. The van der Waals surface area contributed by atoms with Crippen molar-refractivity contribution in [2.24, 2.45) is 0 Å². The predicted molar refractivity (Wildman–Crippen MR) is 74.6 cm³/mol. The van der Waals surface area contributed by atoms with Gasteiger partial charge in [-0.1, -0.05) is 11.6 Å². The van der Waals surface area contributed by atoms with Crippen LogP contribution in [0.25, 0.3) is 0 Å². The molecule has 1 rings (SSSR count). The number of anilines is 1. The molecule has 1 aromatic carbocycles. The van der Waals surface area contributed by atoms with E-state index < -0.39 is 16.1 Å². The lowest BCUT2D eigenvalue weighted by atomic mass is 10.2. The Balaban J connectivity index is 3.05. The molecule has 0 unspecified atom stereocenters. The van der Waals surface area contributed by atoms with Crippen LogP contribution in [0.15, 0.2) is 17.0 Å². The van der Waals surface area contributed by atoms with Gasteiger partial charge in [0.25, 0.3) is 10.0 Å². The molecule has 0 aliphatic heterocycles. The number of halogens is 1. The van der Waals surface area contributed by atoms with Gasteiger partial charge in [0.15, 0.2) is 0 Å². The number of carbonyl (C=O) groups excluding carboxylic acids is 1. The minimum absolute atomic E-state index is 0.106. The van der Waals surface area contributed by atoms with E-state index in [-0.39, 0.29) is 16.6 Å². The first-order valence-corrected chi connectivity index (χ1v) is 7.38. The fraction of sp³-hybridized carbons (Fsp3) is 0.364. The molecule has 8 heteroatoms. The van der Waals surface area contributed by atoms with Crippen LogP contribution in [0.4, 0.5) is 10.5 Å². The van der Waals surface area contributed by atoms with Crippen LogP contribution in [-0.4, -0.2) is 20.5 Å². The third-order valence-electron chi connectivity index (χ3n) is 2.21. The second-order valence-electron chi connectivity index (χ2n) is 4.38. The minimum atomic E-state index is -3.97. The first-order valence-electron chi connectivity index (χ1n) is 5.52. The first-order chi connectivity index (χ1) is 8.63. The number of aryl methyl sites for hydroxylation is 1. The summed E-state index contributed by atoms with van der Waals surface area (Å²) in [6, 6.07) is 1.60. The standard InChI is InChI=1S/C11H16ClN3O3S/c1-6(2)14-11(16)15-19(17,18)8-4-7(3)10(12)9(13)5-8/h4-6H,13H2,1-3H3,(H2,14,15,16). The van der Waals surface area contributed by atoms with Gasteiger partial charge >= 0.3 is 6.03 Å². The molecule has 0 spiro atoms. The molecule has 0 radical (unpaired) electrons. The van der Waals surface area contributed by atoms with Gasteiger partial charge in [0.05, 0.1) is 15.6 Å². The molecule has 4 N–H and O–H groups in total. The number of carbonyl (C=O) groups is 1. The normalized spacial score (nSPS) is 11.4. The molecule has 0 saturated carbocycles. The van der Waals surface area contributed by atoms with E-state index in [1.165, 1.54) is 12.1 Å². The highest BCUT2D eigenvalue weighted by Crippen LogP contribution is 2.26. The van der Waals surface area contributed by atoms with Gasteiger partial charge in [0.1, 0.15) is 0 Å². The van der Waals surface area contributed by atoms with E-state index in [2.05, 4.69) is 5.32 Å². The number of nitrogens with two attached hydrogens (primary N) is 1. The van der Waals surface area contributed by atoms with E-state index >= 15 is 0 Å². The zero-order chi connectivity index (χ0) is 14.8. The van der Waals surface area contributed by atoms with Crippen molar-refractivity contribution in [2.45, 2.75) is 31.7 Å². The van der Waals surface area contributed by atoms with Crippen LogP contribution in [-0.2, 0) is 10.0 Å². The molecule has 0 bridgehead atoms. The highest BCUT2D eigenvalue weighted by atomic mass is 35.5. The minimum Gasteiger partial charge on any atom is -0.397 e. The Labute approximate surface area is 117 Å². The maximum atomic E-state index is 12.0. The van der Waals surface area contributed by atoms with Crippen LogP contribution < -0.4 is 15.8 Å². The van der Waals surface area contributed by atoms with Gasteiger partial charge in [0.2, 0.25) is 0 Å². The highest BCUT2D eigenvalue weighted by molar-refractivity contribution is 7.90. The van der Waals surface area contributed by atoms with Gasteiger partial charge in [-0.05, 0) is 38.5 Å². The Morgan fingerprint density at radius 3 is 2.42 bits per heavy atom. The Bertz CT molecular complexity index is 576. The van der Waals surface area contributed by atoms with Crippen molar-refractivity contribution >= 4 is 33.3 Å². The topological polar surface area (TPSA) is 101 Å². The number of benzene rings is 1. The summed E-state index contributed by atoms with van der Waals surface area (Å²) in [6.07, 6.45) is 0. The molecular formula is C11H16ClN3O3S. The van der Waals surface area contributed by atoms with Crippen LogP contribution in [0.2, 0.25) is 5.02 Å². The molecule has 1 aromatic rings. The quantitative estimate of drug-likeness (QED) is 0.739. The summed E-state index contributed by atoms with van der Waals surface area (Å²) in [4.78, 5) is 11.3. The summed E-state index contributed by atoms with van der Waals surface area (Å²) < 4.78 is 25.8. The van der Waals surface area contributed by atoms with Gasteiger partial charge < -0.3 is 11.1 Å². The van der Waals surface area contributed by atoms with E-state index in [9.17, 15) is 13.2 Å². The van der Waals surface area contributed by atoms with Crippen molar-refractivity contribution in [3.8, 4) is 0 Å². The average molecular weight is 306 g/mol. The van der Waals surface area contributed by atoms with Gasteiger partial charge in [-0.2, -0.15) is 0 Å². The molecule has 106 valence electrons. The van der Waals surface area contributed by atoms with Crippen LogP contribution >= 0.6 is 11.6 Å². The fourth-order valence-corrected chi connectivity index (χ4v) is 2.53. The van der Waals surface area contributed by atoms with E-state index in [1.807, 2.05) is 4.72 Å². The largest absolute Gasteiger partial charge is 0.397 e. The number of urea groups is 1. The summed E-state index contributed by atoms with van der Waals surface area (Å²) in [6.45, 7) is 5.07. The third kappa shape index (κ3) is 4.00. The molecule has 0 fully saturated rings. The summed E-state index contributed by atoms with van der Waals surface area (Å²) in [5.41, 5.74) is 6.27. The van der Waals surface area contributed by atoms with Gasteiger partial charge in [-0.25, -0.2) is 17.9 Å². The van der Waals surface area contributed by atoms with Crippen molar-refractivity contribution in [3.05, 3.63) is 22.7 Å².